The Hall–Kier alpha value is -0.600. The van der Waals surface area contributed by atoms with Crippen LogP contribution in [0, 0.1) is 0 Å². The van der Waals surface area contributed by atoms with Crippen LogP contribution in [-0.4, -0.2) is 19.5 Å². The molecule has 1 aliphatic heterocycles. The van der Waals surface area contributed by atoms with Gasteiger partial charge in [0.1, 0.15) is 0 Å². The quantitative estimate of drug-likeness (QED) is 0.387. The lowest BCUT2D eigenvalue weighted by Crippen LogP contribution is -2.22. The van der Waals surface area contributed by atoms with Gasteiger partial charge in [0, 0.05) is 13.2 Å². The summed E-state index contributed by atoms with van der Waals surface area (Å²) in [7, 11) is 0. The molecule has 1 unspecified atom stereocenters. The van der Waals surface area contributed by atoms with Crippen LogP contribution >= 0.6 is 0 Å². The van der Waals surface area contributed by atoms with Gasteiger partial charge in [0.05, 0.1) is 0 Å². The maximum absolute atomic E-state index is 5.71. The summed E-state index contributed by atoms with van der Waals surface area (Å²) in [4.78, 5) is 0. The van der Waals surface area contributed by atoms with Gasteiger partial charge in [0.15, 0.2) is 6.29 Å². The summed E-state index contributed by atoms with van der Waals surface area (Å²) >= 11 is 0. The van der Waals surface area contributed by atoms with Crippen LogP contribution in [0.1, 0.15) is 64.2 Å². The standard InChI is InChI=1S/C17H30O2/c1-2-3-4-5-6-7-8-9-10-12-15-18-17-14-11-13-16-19-17/h2-4,17H,1,5-16H2. The minimum atomic E-state index is 0.0883. The molecule has 1 aliphatic rings. The van der Waals surface area contributed by atoms with E-state index >= 15 is 0 Å². The monoisotopic (exact) mass is 266 g/mol. The van der Waals surface area contributed by atoms with Crippen molar-refractivity contribution in [2.45, 2.75) is 70.5 Å². The number of allylic oxidation sites excluding steroid dienone is 3. The first-order valence-corrected chi connectivity index (χ1v) is 7.94. The van der Waals surface area contributed by atoms with Crippen molar-refractivity contribution in [3.05, 3.63) is 24.8 Å². The second kappa shape index (κ2) is 12.4. The predicted molar refractivity (Wildman–Crippen MR) is 81.2 cm³/mol. The zero-order valence-corrected chi connectivity index (χ0v) is 12.3. The van der Waals surface area contributed by atoms with Crippen molar-refractivity contribution in [2.75, 3.05) is 13.2 Å². The van der Waals surface area contributed by atoms with Gasteiger partial charge in [-0.05, 0) is 38.5 Å². The fraction of sp³-hybridized carbons (Fsp3) is 0.765. The van der Waals surface area contributed by atoms with Crippen LogP contribution in [0.3, 0.4) is 0 Å². The molecule has 0 saturated carbocycles. The smallest absolute Gasteiger partial charge is 0.157 e. The lowest BCUT2D eigenvalue weighted by atomic mass is 10.1. The molecular formula is C17H30O2. The summed E-state index contributed by atoms with van der Waals surface area (Å²) < 4.78 is 11.2. The summed E-state index contributed by atoms with van der Waals surface area (Å²) in [6, 6.07) is 0. The molecule has 0 N–H and O–H groups in total. The normalized spacial score (nSPS) is 19.9. The average molecular weight is 266 g/mol. The fourth-order valence-corrected chi connectivity index (χ4v) is 2.32. The first-order valence-electron chi connectivity index (χ1n) is 7.94. The maximum atomic E-state index is 5.71. The van der Waals surface area contributed by atoms with E-state index in [2.05, 4.69) is 12.7 Å². The van der Waals surface area contributed by atoms with E-state index < -0.39 is 0 Å². The third kappa shape index (κ3) is 9.92. The Morgan fingerprint density at radius 2 is 1.84 bits per heavy atom. The van der Waals surface area contributed by atoms with Gasteiger partial charge in [0.25, 0.3) is 0 Å². The van der Waals surface area contributed by atoms with Gasteiger partial charge in [-0.1, -0.05) is 50.5 Å². The minimum absolute atomic E-state index is 0.0883. The molecule has 1 saturated heterocycles. The van der Waals surface area contributed by atoms with Gasteiger partial charge in [0.2, 0.25) is 0 Å². The minimum Gasteiger partial charge on any atom is -0.353 e. The molecule has 2 nitrogen and oxygen atoms in total. The van der Waals surface area contributed by atoms with Crippen LogP contribution in [0.25, 0.3) is 0 Å². The van der Waals surface area contributed by atoms with Crippen LogP contribution in [0.4, 0.5) is 0 Å². The van der Waals surface area contributed by atoms with Gasteiger partial charge in [-0.3, -0.25) is 0 Å². The molecular weight excluding hydrogens is 236 g/mol. The molecule has 19 heavy (non-hydrogen) atoms. The SMILES string of the molecule is C=CC=CCCCCCCCCOC1CCCCO1. The maximum Gasteiger partial charge on any atom is 0.157 e. The summed E-state index contributed by atoms with van der Waals surface area (Å²) in [6.07, 6.45) is 18.7. The van der Waals surface area contributed by atoms with Gasteiger partial charge < -0.3 is 9.47 Å². The molecule has 0 radical (unpaired) electrons. The van der Waals surface area contributed by atoms with Crippen LogP contribution in [-0.2, 0) is 9.47 Å². The summed E-state index contributed by atoms with van der Waals surface area (Å²) in [5, 5.41) is 0. The predicted octanol–water partition coefficient (Wildman–Crippen LogP) is 5.00. The molecule has 0 aromatic rings. The van der Waals surface area contributed by atoms with Crippen LogP contribution < -0.4 is 0 Å². The van der Waals surface area contributed by atoms with Crippen molar-refractivity contribution in [1.29, 1.82) is 0 Å². The van der Waals surface area contributed by atoms with Crippen LogP contribution in [0.15, 0.2) is 24.8 Å². The van der Waals surface area contributed by atoms with Crippen molar-refractivity contribution < 1.29 is 9.47 Å². The van der Waals surface area contributed by atoms with E-state index in [1.54, 1.807) is 0 Å². The van der Waals surface area contributed by atoms with Crippen molar-refractivity contribution in [2.24, 2.45) is 0 Å². The Kier molecular flexibility index (Phi) is 10.8. The van der Waals surface area contributed by atoms with E-state index in [1.807, 2.05) is 12.2 Å². The number of hydrogen-bond acceptors (Lipinski definition) is 2. The molecule has 110 valence electrons. The molecule has 1 fully saturated rings. The summed E-state index contributed by atoms with van der Waals surface area (Å²) in [5.74, 6) is 0. The first kappa shape index (κ1) is 16.5. The number of ether oxygens (including phenoxy) is 2. The van der Waals surface area contributed by atoms with Crippen molar-refractivity contribution >= 4 is 0 Å². The van der Waals surface area contributed by atoms with Gasteiger partial charge in [-0.2, -0.15) is 0 Å². The van der Waals surface area contributed by atoms with E-state index in [0.717, 1.165) is 19.6 Å². The Balaban J connectivity index is 1.75. The molecule has 2 heteroatoms. The van der Waals surface area contributed by atoms with E-state index in [4.69, 9.17) is 9.47 Å². The molecule has 1 heterocycles. The average Bonchev–Trinajstić information content (AvgIpc) is 2.46. The lowest BCUT2D eigenvalue weighted by molar-refractivity contribution is -0.162. The molecule has 0 aliphatic carbocycles. The molecule has 0 amide bonds. The van der Waals surface area contributed by atoms with Crippen LogP contribution in [0.2, 0.25) is 0 Å². The van der Waals surface area contributed by atoms with Gasteiger partial charge in [-0.15, -0.1) is 0 Å². The highest BCUT2D eigenvalue weighted by Crippen LogP contribution is 2.14. The van der Waals surface area contributed by atoms with Crippen molar-refractivity contribution in [3.63, 3.8) is 0 Å². The number of rotatable bonds is 11. The number of hydrogen-bond donors (Lipinski definition) is 0. The third-order valence-electron chi connectivity index (χ3n) is 3.48. The summed E-state index contributed by atoms with van der Waals surface area (Å²) in [6.45, 7) is 5.41. The Morgan fingerprint density at radius 3 is 2.58 bits per heavy atom. The second-order valence-corrected chi connectivity index (χ2v) is 5.24. The van der Waals surface area contributed by atoms with Crippen LogP contribution in [0.5, 0.6) is 0 Å². The molecule has 0 aromatic carbocycles. The van der Waals surface area contributed by atoms with E-state index in [-0.39, 0.29) is 6.29 Å². The highest BCUT2D eigenvalue weighted by molar-refractivity contribution is 4.96. The molecule has 1 atom stereocenters. The van der Waals surface area contributed by atoms with Crippen molar-refractivity contribution in [1.82, 2.24) is 0 Å². The summed E-state index contributed by atoms with van der Waals surface area (Å²) in [5.41, 5.74) is 0. The number of unbranched alkanes of at least 4 members (excludes halogenated alkanes) is 6. The van der Waals surface area contributed by atoms with E-state index in [9.17, 15) is 0 Å². The molecule has 0 aromatic heterocycles. The Bertz CT molecular complexity index is 229. The molecule has 1 rings (SSSR count). The van der Waals surface area contributed by atoms with Crippen molar-refractivity contribution in [3.8, 4) is 0 Å². The molecule has 0 spiro atoms. The molecule has 0 bridgehead atoms. The second-order valence-electron chi connectivity index (χ2n) is 5.24. The topological polar surface area (TPSA) is 18.5 Å². The highest BCUT2D eigenvalue weighted by atomic mass is 16.7. The highest BCUT2D eigenvalue weighted by Gasteiger charge is 2.13. The van der Waals surface area contributed by atoms with Gasteiger partial charge >= 0.3 is 0 Å². The van der Waals surface area contributed by atoms with E-state index in [0.29, 0.717) is 0 Å². The Labute approximate surface area is 118 Å². The zero-order chi connectivity index (χ0) is 13.6. The third-order valence-corrected chi connectivity index (χ3v) is 3.48. The first-order chi connectivity index (χ1) is 9.43. The largest absolute Gasteiger partial charge is 0.353 e. The lowest BCUT2D eigenvalue weighted by Gasteiger charge is -2.22. The van der Waals surface area contributed by atoms with E-state index in [1.165, 1.54) is 57.8 Å². The fourth-order valence-electron chi connectivity index (χ4n) is 2.32. The van der Waals surface area contributed by atoms with Gasteiger partial charge in [-0.25, -0.2) is 0 Å². The zero-order valence-electron chi connectivity index (χ0n) is 12.3. The Morgan fingerprint density at radius 1 is 1.05 bits per heavy atom.